The highest BCUT2D eigenvalue weighted by Gasteiger charge is 2.23. The Labute approximate surface area is 227 Å². The standard InChI is InChI=1S/C27H21ClN6O3S/c28-16-6-7-18(23(35)12-16)22-13-19(20(14-29)24(33-22)34-26(37)27-31-9-10-38-27)15-3-1-4-17(11-15)32-25(36)21-5-2-8-30-21/h1,3-4,6-7,9-13,21,30,35H,2,5,8H2,(H,32,36)(H,33,34,37)/t21-/m1/s1. The molecule has 2 amide bonds. The van der Waals surface area contributed by atoms with E-state index in [-0.39, 0.29) is 34.1 Å². The molecule has 11 heteroatoms. The van der Waals surface area contributed by atoms with Gasteiger partial charge in [0.05, 0.1) is 11.7 Å². The van der Waals surface area contributed by atoms with E-state index in [9.17, 15) is 20.0 Å². The summed E-state index contributed by atoms with van der Waals surface area (Å²) in [5.41, 5.74) is 2.42. The van der Waals surface area contributed by atoms with Crippen LogP contribution in [0.3, 0.4) is 0 Å². The first kappa shape index (κ1) is 25.4. The number of carbonyl (C=O) groups excluding carboxylic acids is 2. The second-order valence-electron chi connectivity index (χ2n) is 8.56. The lowest BCUT2D eigenvalue weighted by molar-refractivity contribution is -0.117. The van der Waals surface area contributed by atoms with Gasteiger partial charge in [-0.1, -0.05) is 23.7 Å². The summed E-state index contributed by atoms with van der Waals surface area (Å²) in [5, 5.41) is 31.7. The lowest BCUT2D eigenvalue weighted by atomic mass is 9.97. The quantitative estimate of drug-likeness (QED) is 0.266. The van der Waals surface area contributed by atoms with Gasteiger partial charge in [-0.3, -0.25) is 9.59 Å². The fourth-order valence-electron chi connectivity index (χ4n) is 4.23. The van der Waals surface area contributed by atoms with E-state index in [2.05, 4.69) is 32.0 Å². The number of hydrogen-bond donors (Lipinski definition) is 4. The summed E-state index contributed by atoms with van der Waals surface area (Å²) in [6, 6.07) is 15.2. The van der Waals surface area contributed by atoms with Crippen LogP contribution in [-0.2, 0) is 4.79 Å². The average molecular weight is 545 g/mol. The molecule has 2 aromatic heterocycles. The fourth-order valence-corrected chi connectivity index (χ4v) is 4.93. The van der Waals surface area contributed by atoms with Crippen molar-refractivity contribution in [1.82, 2.24) is 15.3 Å². The van der Waals surface area contributed by atoms with Crippen LogP contribution >= 0.6 is 22.9 Å². The van der Waals surface area contributed by atoms with Gasteiger partial charge < -0.3 is 21.1 Å². The Balaban J connectivity index is 1.60. The minimum Gasteiger partial charge on any atom is -0.507 e. The van der Waals surface area contributed by atoms with Crippen LogP contribution in [0.25, 0.3) is 22.4 Å². The number of aromatic hydroxyl groups is 1. The van der Waals surface area contributed by atoms with Crippen LogP contribution in [0.2, 0.25) is 5.02 Å². The minimum absolute atomic E-state index is 0.0131. The number of benzene rings is 2. The van der Waals surface area contributed by atoms with Gasteiger partial charge in [0.2, 0.25) is 5.91 Å². The number of pyridine rings is 1. The molecule has 4 aromatic rings. The molecule has 1 saturated heterocycles. The summed E-state index contributed by atoms with van der Waals surface area (Å²) in [4.78, 5) is 34.0. The molecule has 0 unspecified atom stereocenters. The molecule has 5 rings (SSSR count). The number of nitrogens with one attached hydrogen (secondary N) is 3. The molecule has 2 aromatic carbocycles. The molecule has 0 radical (unpaired) electrons. The third-order valence-corrected chi connectivity index (χ3v) is 7.05. The van der Waals surface area contributed by atoms with Crippen LogP contribution in [-0.4, -0.2) is 39.5 Å². The van der Waals surface area contributed by atoms with Crippen LogP contribution in [0.4, 0.5) is 11.5 Å². The van der Waals surface area contributed by atoms with Gasteiger partial charge in [-0.15, -0.1) is 11.3 Å². The van der Waals surface area contributed by atoms with Crippen molar-refractivity contribution < 1.29 is 14.7 Å². The van der Waals surface area contributed by atoms with Gasteiger partial charge in [-0.25, -0.2) is 9.97 Å². The van der Waals surface area contributed by atoms with Crippen molar-refractivity contribution in [1.29, 1.82) is 5.26 Å². The van der Waals surface area contributed by atoms with E-state index in [1.165, 1.54) is 12.3 Å². The highest BCUT2D eigenvalue weighted by atomic mass is 35.5. The highest BCUT2D eigenvalue weighted by Crippen LogP contribution is 2.37. The van der Waals surface area contributed by atoms with Gasteiger partial charge in [-0.05, 0) is 61.3 Å². The molecular weight excluding hydrogens is 524 g/mol. The zero-order valence-corrected chi connectivity index (χ0v) is 21.4. The van der Waals surface area contributed by atoms with Crippen molar-refractivity contribution in [2.75, 3.05) is 17.2 Å². The predicted molar refractivity (Wildman–Crippen MR) is 146 cm³/mol. The summed E-state index contributed by atoms with van der Waals surface area (Å²) in [7, 11) is 0. The van der Waals surface area contributed by atoms with E-state index in [1.807, 2.05) is 0 Å². The molecule has 1 atom stereocenters. The van der Waals surface area contributed by atoms with E-state index in [4.69, 9.17) is 11.6 Å². The van der Waals surface area contributed by atoms with Crippen molar-refractivity contribution in [2.24, 2.45) is 0 Å². The molecule has 3 heterocycles. The molecule has 4 N–H and O–H groups in total. The van der Waals surface area contributed by atoms with Crippen LogP contribution < -0.4 is 16.0 Å². The molecule has 1 aliphatic heterocycles. The van der Waals surface area contributed by atoms with Gasteiger partial charge in [0, 0.05) is 33.4 Å². The first-order valence-electron chi connectivity index (χ1n) is 11.7. The van der Waals surface area contributed by atoms with Gasteiger partial charge in [0.15, 0.2) is 10.8 Å². The Morgan fingerprint density at radius 1 is 1.16 bits per heavy atom. The van der Waals surface area contributed by atoms with Crippen LogP contribution in [0.5, 0.6) is 5.75 Å². The number of phenols is 1. The number of thiazole rings is 1. The van der Waals surface area contributed by atoms with Crippen molar-refractivity contribution in [3.63, 3.8) is 0 Å². The van der Waals surface area contributed by atoms with E-state index >= 15 is 0 Å². The normalized spacial score (nSPS) is 14.6. The maximum atomic E-state index is 12.8. The largest absolute Gasteiger partial charge is 0.507 e. The number of aromatic nitrogens is 2. The third kappa shape index (κ3) is 5.35. The molecular formula is C27H21ClN6O3S. The van der Waals surface area contributed by atoms with Crippen LogP contribution in [0.1, 0.15) is 28.2 Å². The number of anilines is 2. The number of amides is 2. The number of rotatable bonds is 6. The summed E-state index contributed by atoms with van der Waals surface area (Å²) >= 11 is 7.17. The molecule has 1 aliphatic rings. The maximum Gasteiger partial charge on any atom is 0.285 e. The number of phenolic OH excluding ortho intramolecular Hbond substituents is 1. The maximum absolute atomic E-state index is 12.8. The smallest absolute Gasteiger partial charge is 0.285 e. The number of halogens is 1. The third-order valence-electron chi connectivity index (χ3n) is 6.04. The van der Waals surface area contributed by atoms with Crippen molar-refractivity contribution in [3.05, 3.63) is 75.7 Å². The number of nitrogens with zero attached hydrogens (tertiary/aromatic N) is 3. The van der Waals surface area contributed by atoms with Crippen LogP contribution in [0.15, 0.2) is 60.1 Å². The molecule has 190 valence electrons. The van der Waals surface area contributed by atoms with Crippen molar-refractivity contribution in [3.8, 4) is 34.2 Å². The Hall–Kier alpha value is -4.30. The van der Waals surface area contributed by atoms with Gasteiger partial charge in [0.25, 0.3) is 5.91 Å². The molecule has 0 spiro atoms. The zero-order valence-electron chi connectivity index (χ0n) is 19.9. The van der Waals surface area contributed by atoms with E-state index < -0.39 is 5.91 Å². The summed E-state index contributed by atoms with van der Waals surface area (Å²) in [6.07, 6.45) is 3.22. The summed E-state index contributed by atoms with van der Waals surface area (Å²) in [5.74, 6) is -0.738. The Morgan fingerprint density at radius 2 is 2.03 bits per heavy atom. The monoisotopic (exact) mass is 544 g/mol. The average Bonchev–Trinajstić information content (AvgIpc) is 3.64. The van der Waals surface area contributed by atoms with E-state index in [0.29, 0.717) is 33.1 Å². The zero-order chi connectivity index (χ0) is 26.6. The van der Waals surface area contributed by atoms with E-state index in [1.54, 1.807) is 47.8 Å². The van der Waals surface area contributed by atoms with Crippen molar-refractivity contribution in [2.45, 2.75) is 18.9 Å². The summed E-state index contributed by atoms with van der Waals surface area (Å²) < 4.78 is 0. The lowest BCUT2D eigenvalue weighted by Crippen LogP contribution is -2.35. The first-order valence-corrected chi connectivity index (χ1v) is 13.0. The fraction of sp³-hybridized carbons (Fsp3) is 0.148. The summed E-state index contributed by atoms with van der Waals surface area (Å²) in [6.45, 7) is 0.802. The topological polar surface area (TPSA) is 140 Å². The minimum atomic E-state index is -0.516. The molecule has 0 aliphatic carbocycles. The number of nitriles is 1. The second-order valence-corrected chi connectivity index (χ2v) is 9.89. The van der Waals surface area contributed by atoms with Gasteiger partial charge in [0.1, 0.15) is 17.4 Å². The van der Waals surface area contributed by atoms with E-state index in [0.717, 1.165) is 30.7 Å². The van der Waals surface area contributed by atoms with Crippen molar-refractivity contribution >= 4 is 46.3 Å². The number of carbonyl (C=O) groups is 2. The molecule has 0 saturated carbocycles. The first-order chi connectivity index (χ1) is 18.4. The molecule has 38 heavy (non-hydrogen) atoms. The molecule has 9 nitrogen and oxygen atoms in total. The lowest BCUT2D eigenvalue weighted by Gasteiger charge is -2.15. The Morgan fingerprint density at radius 3 is 2.74 bits per heavy atom. The highest BCUT2D eigenvalue weighted by molar-refractivity contribution is 7.11. The van der Waals surface area contributed by atoms with Crippen LogP contribution in [0, 0.1) is 11.3 Å². The molecule has 0 bridgehead atoms. The van der Waals surface area contributed by atoms with Gasteiger partial charge >= 0.3 is 0 Å². The molecule has 1 fully saturated rings. The Bertz CT molecular complexity index is 1560. The number of hydrogen-bond acceptors (Lipinski definition) is 8. The predicted octanol–water partition coefficient (Wildman–Crippen LogP) is 5.05. The SMILES string of the molecule is N#Cc1c(-c2cccc(NC(=O)[C@H]3CCCN3)c2)cc(-c2ccc(Cl)cc2O)nc1NC(=O)c1nccs1. The Kier molecular flexibility index (Phi) is 7.33. The van der Waals surface area contributed by atoms with Gasteiger partial charge in [-0.2, -0.15) is 5.26 Å². The second kappa shape index (κ2) is 11.0.